The summed E-state index contributed by atoms with van der Waals surface area (Å²) in [6.45, 7) is 1.99. The Hall–Kier alpha value is -1.03. The average Bonchev–Trinajstić information content (AvgIpc) is 2.45. The van der Waals surface area contributed by atoms with E-state index in [9.17, 15) is 0 Å². The molecule has 0 aliphatic rings. The molecule has 0 aromatic carbocycles. The fraction of sp³-hybridized carbons (Fsp3) is 0.333. The lowest BCUT2D eigenvalue weighted by Crippen LogP contribution is -1.89. The summed E-state index contributed by atoms with van der Waals surface area (Å²) < 4.78 is 2.09. The number of hydrogen-bond donors (Lipinski definition) is 0. The molecule has 2 rings (SSSR count). The Balaban J connectivity index is 2.83. The van der Waals surface area contributed by atoms with Crippen LogP contribution in [0.5, 0.6) is 0 Å². The molecule has 0 unspecified atom stereocenters. The van der Waals surface area contributed by atoms with E-state index in [1.54, 1.807) is 11.8 Å². The topological polar surface area (TPSA) is 30.7 Å². The predicted octanol–water partition coefficient (Wildman–Crippen LogP) is 2.00. The lowest BCUT2D eigenvalue weighted by Gasteiger charge is -1.96. The second-order valence-electron chi connectivity index (χ2n) is 2.92. The van der Waals surface area contributed by atoms with Crippen molar-refractivity contribution in [2.24, 2.45) is 7.05 Å². The highest BCUT2D eigenvalue weighted by Gasteiger charge is 2.07. The summed E-state index contributed by atoms with van der Waals surface area (Å²) in [4.78, 5) is 8.70. The number of fused-ring (bicyclic) bond motifs is 1. The Kier molecular flexibility index (Phi) is 2.00. The summed E-state index contributed by atoms with van der Waals surface area (Å²) >= 11 is 1.65. The van der Waals surface area contributed by atoms with Crippen LogP contribution < -0.4 is 0 Å². The summed E-state index contributed by atoms with van der Waals surface area (Å²) in [6, 6.07) is 2.00. The number of aromatic nitrogens is 3. The van der Waals surface area contributed by atoms with Crippen molar-refractivity contribution in [3.05, 3.63) is 18.0 Å². The molecule has 0 bridgehead atoms. The van der Waals surface area contributed by atoms with E-state index in [-0.39, 0.29) is 0 Å². The molecule has 0 saturated heterocycles. The van der Waals surface area contributed by atoms with Crippen molar-refractivity contribution in [3.8, 4) is 0 Å². The van der Waals surface area contributed by atoms with Gasteiger partial charge in [-0.2, -0.15) is 0 Å². The molecule has 0 atom stereocenters. The van der Waals surface area contributed by atoms with Crippen LogP contribution in [0.3, 0.4) is 0 Å². The van der Waals surface area contributed by atoms with E-state index in [4.69, 9.17) is 0 Å². The van der Waals surface area contributed by atoms with Crippen molar-refractivity contribution in [1.29, 1.82) is 0 Å². The molecule has 0 saturated carbocycles. The molecule has 3 nitrogen and oxygen atoms in total. The summed E-state index contributed by atoms with van der Waals surface area (Å²) in [7, 11) is 2.03. The Morgan fingerprint density at radius 3 is 2.85 bits per heavy atom. The lowest BCUT2D eigenvalue weighted by atomic mass is 10.3. The molecular weight excluding hydrogens is 182 g/mol. The van der Waals surface area contributed by atoms with Gasteiger partial charge in [-0.25, -0.2) is 4.98 Å². The Morgan fingerprint density at radius 1 is 1.46 bits per heavy atom. The molecule has 13 heavy (non-hydrogen) atoms. The molecule has 0 aliphatic carbocycles. The van der Waals surface area contributed by atoms with E-state index in [0.717, 1.165) is 21.9 Å². The third-order valence-corrected chi connectivity index (χ3v) is 2.85. The second kappa shape index (κ2) is 3.03. The van der Waals surface area contributed by atoms with Gasteiger partial charge in [0.05, 0.1) is 11.2 Å². The molecule has 4 heteroatoms. The summed E-state index contributed by atoms with van der Waals surface area (Å²) in [5.74, 6) is 0. The zero-order valence-corrected chi connectivity index (χ0v) is 8.72. The third-order valence-electron chi connectivity index (χ3n) is 2.12. The molecule has 2 heterocycles. The molecule has 2 aromatic heterocycles. The minimum Gasteiger partial charge on any atom is -0.322 e. The predicted molar refractivity (Wildman–Crippen MR) is 55.0 cm³/mol. The fourth-order valence-electron chi connectivity index (χ4n) is 1.41. The SMILES string of the molecule is CSc1nc2c(C)nccc2n1C. The molecular formula is C9H11N3S. The smallest absolute Gasteiger partial charge is 0.168 e. The summed E-state index contributed by atoms with van der Waals surface area (Å²) in [5.41, 5.74) is 3.15. The molecule has 68 valence electrons. The van der Waals surface area contributed by atoms with Gasteiger partial charge in [0.2, 0.25) is 0 Å². The van der Waals surface area contributed by atoms with Crippen molar-refractivity contribution in [2.75, 3.05) is 6.26 Å². The van der Waals surface area contributed by atoms with Gasteiger partial charge in [0.1, 0.15) is 5.52 Å². The van der Waals surface area contributed by atoms with Crippen LogP contribution in [0.4, 0.5) is 0 Å². The standard InChI is InChI=1S/C9H11N3S/c1-6-8-7(4-5-10-6)12(2)9(11-8)13-3/h4-5H,1-3H3. The van der Waals surface area contributed by atoms with Crippen molar-refractivity contribution >= 4 is 22.8 Å². The number of thioether (sulfide) groups is 1. The van der Waals surface area contributed by atoms with Crippen molar-refractivity contribution in [2.45, 2.75) is 12.1 Å². The van der Waals surface area contributed by atoms with Crippen LogP contribution in [0, 0.1) is 6.92 Å². The Labute approximate surface area is 81.2 Å². The molecule has 0 spiro atoms. The van der Waals surface area contributed by atoms with Crippen LogP contribution in [0.2, 0.25) is 0 Å². The van der Waals surface area contributed by atoms with Crippen molar-refractivity contribution in [1.82, 2.24) is 14.5 Å². The molecule has 0 amide bonds. The highest BCUT2D eigenvalue weighted by atomic mass is 32.2. The van der Waals surface area contributed by atoms with Gasteiger partial charge in [-0.15, -0.1) is 0 Å². The second-order valence-corrected chi connectivity index (χ2v) is 3.70. The van der Waals surface area contributed by atoms with Crippen LogP contribution in [-0.4, -0.2) is 20.8 Å². The maximum absolute atomic E-state index is 4.49. The first-order valence-corrected chi connectivity index (χ1v) is 5.28. The quantitative estimate of drug-likeness (QED) is 0.649. The number of pyridine rings is 1. The largest absolute Gasteiger partial charge is 0.322 e. The van der Waals surface area contributed by atoms with Gasteiger partial charge in [0.25, 0.3) is 0 Å². The molecule has 0 N–H and O–H groups in total. The van der Waals surface area contributed by atoms with Gasteiger partial charge in [-0.1, -0.05) is 11.8 Å². The minimum atomic E-state index is 0.994. The van der Waals surface area contributed by atoms with Crippen LogP contribution >= 0.6 is 11.8 Å². The maximum atomic E-state index is 4.49. The number of nitrogens with zero attached hydrogens (tertiary/aromatic N) is 3. The van der Waals surface area contributed by atoms with Crippen LogP contribution in [0.25, 0.3) is 11.0 Å². The van der Waals surface area contributed by atoms with Gasteiger partial charge in [-0.05, 0) is 19.2 Å². The highest BCUT2D eigenvalue weighted by molar-refractivity contribution is 7.98. The molecule has 0 fully saturated rings. The van der Waals surface area contributed by atoms with Crippen LogP contribution in [0.15, 0.2) is 17.4 Å². The normalized spacial score (nSPS) is 11.0. The van der Waals surface area contributed by atoms with Crippen molar-refractivity contribution < 1.29 is 0 Å². The van der Waals surface area contributed by atoms with E-state index >= 15 is 0 Å². The van der Waals surface area contributed by atoms with Gasteiger partial charge in [0.15, 0.2) is 5.16 Å². The average molecular weight is 193 g/mol. The first-order valence-electron chi connectivity index (χ1n) is 4.06. The molecule has 0 aliphatic heterocycles. The molecule has 2 aromatic rings. The zero-order chi connectivity index (χ0) is 9.42. The number of hydrogen-bond acceptors (Lipinski definition) is 3. The highest BCUT2D eigenvalue weighted by Crippen LogP contribution is 2.21. The van der Waals surface area contributed by atoms with E-state index in [2.05, 4.69) is 14.5 Å². The van der Waals surface area contributed by atoms with Gasteiger partial charge >= 0.3 is 0 Å². The van der Waals surface area contributed by atoms with Crippen molar-refractivity contribution in [3.63, 3.8) is 0 Å². The first kappa shape index (κ1) is 8.56. The number of rotatable bonds is 1. The molecule has 0 radical (unpaired) electrons. The third kappa shape index (κ3) is 1.21. The Bertz CT molecular complexity index is 447. The maximum Gasteiger partial charge on any atom is 0.168 e. The van der Waals surface area contributed by atoms with E-state index in [0.29, 0.717) is 0 Å². The van der Waals surface area contributed by atoms with Gasteiger partial charge in [0, 0.05) is 13.2 Å². The minimum absolute atomic E-state index is 0.994. The van der Waals surface area contributed by atoms with Gasteiger partial charge < -0.3 is 4.57 Å². The monoisotopic (exact) mass is 193 g/mol. The van der Waals surface area contributed by atoms with Crippen LogP contribution in [0.1, 0.15) is 5.69 Å². The van der Waals surface area contributed by atoms with Crippen LogP contribution in [-0.2, 0) is 7.05 Å². The van der Waals surface area contributed by atoms with E-state index < -0.39 is 0 Å². The first-order chi connectivity index (χ1) is 6.24. The summed E-state index contributed by atoms with van der Waals surface area (Å²) in [6.07, 6.45) is 3.85. The number of imidazole rings is 1. The van der Waals surface area contributed by atoms with E-state index in [1.807, 2.05) is 32.5 Å². The Morgan fingerprint density at radius 2 is 2.23 bits per heavy atom. The lowest BCUT2D eigenvalue weighted by molar-refractivity contribution is 0.817. The van der Waals surface area contributed by atoms with Gasteiger partial charge in [-0.3, -0.25) is 4.98 Å². The fourth-order valence-corrected chi connectivity index (χ4v) is 1.96. The zero-order valence-electron chi connectivity index (χ0n) is 7.90. The van der Waals surface area contributed by atoms with E-state index in [1.165, 1.54) is 0 Å². The number of aryl methyl sites for hydroxylation is 2. The summed E-state index contributed by atoms with van der Waals surface area (Å²) in [5, 5.41) is 1.03.